The fourth-order valence-electron chi connectivity index (χ4n) is 6.75. The molecule has 1 aromatic heterocycles. The number of ether oxygens (including phenoxy) is 1. The summed E-state index contributed by atoms with van der Waals surface area (Å²) in [5, 5.41) is 20.7. The number of amides is 5. The SMILES string of the molecule is COC(=O)[C@@H]1CCCN1C(=O)CC(Cc1cccc2ccccc12)C(=O)N[C@@H](Cc1c[nH]cn1)C(=O)N[C@@H](CC(C)C)C(O)C(=O)NC(=O)CC(C)C. The first-order valence-electron chi connectivity index (χ1n) is 18.2. The number of esters is 1. The van der Waals surface area contributed by atoms with Crippen LogP contribution >= 0.6 is 0 Å². The van der Waals surface area contributed by atoms with Gasteiger partial charge in [-0.2, -0.15) is 0 Å². The van der Waals surface area contributed by atoms with E-state index in [1.807, 2.05) is 70.2 Å². The van der Waals surface area contributed by atoms with E-state index in [0.29, 0.717) is 25.1 Å². The molecule has 2 heterocycles. The van der Waals surface area contributed by atoms with Gasteiger partial charge < -0.3 is 30.4 Å². The number of aromatic amines is 1. The normalized spacial score (nSPS) is 16.5. The van der Waals surface area contributed by atoms with E-state index in [1.165, 1.54) is 18.3 Å². The third-order valence-corrected chi connectivity index (χ3v) is 9.34. The number of methoxy groups -OCH3 is 1. The summed E-state index contributed by atoms with van der Waals surface area (Å²) in [5.41, 5.74) is 1.29. The molecule has 14 heteroatoms. The molecular formula is C39H52N6O8. The van der Waals surface area contributed by atoms with Gasteiger partial charge in [-0.3, -0.25) is 29.3 Å². The zero-order chi connectivity index (χ0) is 38.7. The predicted molar refractivity (Wildman–Crippen MR) is 197 cm³/mol. The summed E-state index contributed by atoms with van der Waals surface area (Å²) >= 11 is 0. The molecule has 1 aliphatic heterocycles. The van der Waals surface area contributed by atoms with Crippen LogP contribution in [0.4, 0.5) is 0 Å². The number of benzene rings is 2. The summed E-state index contributed by atoms with van der Waals surface area (Å²) in [4.78, 5) is 88.4. The molecular weight excluding hydrogens is 680 g/mol. The number of imidazole rings is 1. The highest BCUT2D eigenvalue weighted by Gasteiger charge is 2.38. The van der Waals surface area contributed by atoms with E-state index in [-0.39, 0.29) is 49.8 Å². The Balaban J connectivity index is 1.61. The number of likely N-dealkylation sites (tertiary alicyclic amines) is 1. The minimum Gasteiger partial charge on any atom is -0.467 e. The van der Waals surface area contributed by atoms with Crippen LogP contribution in [0.25, 0.3) is 10.8 Å². The molecule has 286 valence electrons. The van der Waals surface area contributed by atoms with Crippen molar-refractivity contribution >= 4 is 46.3 Å². The lowest BCUT2D eigenvalue weighted by Crippen LogP contribution is -2.57. The van der Waals surface area contributed by atoms with Gasteiger partial charge in [0.05, 0.1) is 31.1 Å². The molecule has 0 saturated carbocycles. The van der Waals surface area contributed by atoms with Crippen LogP contribution < -0.4 is 16.0 Å². The van der Waals surface area contributed by atoms with Crippen LogP contribution in [0.2, 0.25) is 0 Å². The lowest BCUT2D eigenvalue weighted by atomic mass is 9.91. The number of imide groups is 1. The van der Waals surface area contributed by atoms with Crippen molar-refractivity contribution in [2.24, 2.45) is 17.8 Å². The molecule has 0 radical (unpaired) electrons. The number of nitrogens with one attached hydrogen (secondary N) is 4. The lowest BCUT2D eigenvalue weighted by Gasteiger charge is -2.29. The Morgan fingerprint density at radius 1 is 0.925 bits per heavy atom. The molecule has 5 amide bonds. The van der Waals surface area contributed by atoms with Crippen molar-refractivity contribution in [3.63, 3.8) is 0 Å². The topological polar surface area (TPSA) is 200 Å². The number of fused-ring (bicyclic) bond motifs is 1. The minimum absolute atomic E-state index is 0.0122. The second-order valence-corrected chi connectivity index (χ2v) is 14.5. The number of aromatic nitrogens is 2. The number of hydrogen-bond donors (Lipinski definition) is 5. The Morgan fingerprint density at radius 2 is 1.66 bits per heavy atom. The fraction of sp³-hybridized carbons (Fsp3) is 0.513. The Hall–Kier alpha value is -5.11. The standard InChI is InChI=1S/C39H52N6O8/c1-23(2)16-30(35(48)38(51)44-33(46)17-24(3)4)42-37(50)31(20-28-21-40-22-41-28)43-36(49)27(18-26-12-8-11-25-10-6-7-13-29(25)26)19-34(47)45-15-9-14-32(45)39(52)53-5/h6-8,10-13,21-24,27,30-32,35,48H,9,14-20H2,1-5H3,(H,40,41)(H,42,50)(H,43,49)(H,44,46,51)/t27?,30-,31-,32-,35?/m0/s1. The number of H-pyrrole nitrogens is 1. The smallest absolute Gasteiger partial charge is 0.328 e. The van der Waals surface area contributed by atoms with Crippen LogP contribution in [0.15, 0.2) is 55.0 Å². The van der Waals surface area contributed by atoms with Gasteiger partial charge in [-0.15, -0.1) is 0 Å². The Bertz CT molecular complexity index is 1740. The van der Waals surface area contributed by atoms with Gasteiger partial charge in [-0.25, -0.2) is 9.78 Å². The first kappa shape index (κ1) is 40.7. The Labute approximate surface area is 309 Å². The van der Waals surface area contributed by atoms with Crippen LogP contribution in [0.1, 0.15) is 71.1 Å². The van der Waals surface area contributed by atoms with Crippen LogP contribution in [0.5, 0.6) is 0 Å². The van der Waals surface area contributed by atoms with E-state index >= 15 is 0 Å². The predicted octanol–water partition coefficient (Wildman–Crippen LogP) is 2.58. The van der Waals surface area contributed by atoms with Gasteiger partial charge in [0.15, 0.2) is 6.10 Å². The molecule has 3 aromatic rings. The number of aliphatic hydroxyl groups is 1. The lowest BCUT2D eigenvalue weighted by molar-refractivity contribution is -0.151. The summed E-state index contributed by atoms with van der Waals surface area (Å²) < 4.78 is 4.94. The quantitative estimate of drug-likeness (QED) is 0.130. The zero-order valence-electron chi connectivity index (χ0n) is 31.1. The molecule has 53 heavy (non-hydrogen) atoms. The van der Waals surface area contributed by atoms with Gasteiger partial charge in [0.1, 0.15) is 12.1 Å². The molecule has 0 aliphatic carbocycles. The first-order valence-corrected chi connectivity index (χ1v) is 18.2. The number of nitrogens with zero attached hydrogens (tertiary/aromatic N) is 2. The maximum absolute atomic E-state index is 14.3. The van der Waals surface area contributed by atoms with Gasteiger partial charge >= 0.3 is 5.97 Å². The largest absolute Gasteiger partial charge is 0.467 e. The summed E-state index contributed by atoms with van der Waals surface area (Å²) in [6.45, 7) is 7.71. The molecule has 4 rings (SSSR count). The van der Waals surface area contributed by atoms with Gasteiger partial charge in [0.2, 0.25) is 23.6 Å². The van der Waals surface area contributed by atoms with Crippen LogP contribution in [-0.4, -0.2) is 93.4 Å². The average Bonchev–Trinajstić information content (AvgIpc) is 3.82. The highest BCUT2D eigenvalue weighted by Crippen LogP contribution is 2.26. The monoisotopic (exact) mass is 732 g/mol. The van der Waals surface area contributed by atoms with Gasteiger partial charge in [-0.1, -0.05) is 70.2 Å². The number of carbonyl (C=O) groups excluding carboxylic acids is 6. The molecule has 1 saturated heterocycles. The number of hydrogen-bond acceptors (Lipinski definition) is 9. The van der Waals surface area contributed by atoms with E-state index in [0.717, 1.165) is 16.3 Å². The molecule has 14 nitrogen and oxygen atoms in total. The van der Waals surface area contributed by atoms with Crippen molar-refractivity contribution in [1.82, 2.24) is 30.8 Å². The Morgan fingerprint density at radius 3 is 2.34 bits per heavy atom. The van der Waals surface area contributed by atoms with Crippen molar-refractivity contribution in [3.8, 4) is 0 Å². The van der Waals surface area contributed by atoms with E-state index in [9.17, 15) is 33.9 Å². The first-order chi connectivity index (χ1) is 25.3. The third kappa shape index (κ3) is 11.4. The van der Waals surface area contributed by atoms with E-state index in [1.54, 1.807) is 6.20 Å². The fourth-order valence-corrected chi connectivity index (χ4v) is 6.75. The van der Waals surface area contributed by atoms with E-state index in [2.05, 4.69) is 25.9 Å². The second-order valence-electron chi connectivity index (χ2n) is 14.5. The van der Waals surface area contributed by atoms with Crippen molar-refractivity contribution in [2.45, 2.75) is 96.9 Å². The maximum Gasteiger partial charge on any atom is 0.328 e. The van der Waals surface area contributed by atoms with E-state index < -0.39 is 59.7 Å². The number of rotatable bonds is 17. The van der Waals surface area contributed by atoms with E-state index in [4.69, 9.17) is 4.74 Å². The van der Waals surface area contributed by atoms with Crippen LogP contribution in [0, 0.1) is 17.8 Å². The second kappa shape index (κ2) is 19.1. The highest BCUT2D eigenvalue weighted by atomic mass is 16.5. The Kier molecular flexibility index (Phi) is 14.7. The van der Waals surface area contributed by atoms with Crippen molar-refractivity contribution in [1.29, 1.82) is 0 Å². The molecule has 2 unspecified atom stereocenters. The number of aliphatic hydroxyl groups excluding tert-OH is 1. The maximum atomic E-state index is 14.3. The third-order valence-electron chi connectivity index (χ3n) is 9.34. The molecule has 5 N–H and O–H groups in total. The van der Waals surface area contributed by atoms with Crippen LogP contribution in [-0.2, 0) is 46.3 Å². The summed E-state index contributed by atoms with van der Waals surface area (Å²) in [7, 11) is 1.27. The highest BCUT2D eigenvalue weighted by molar-refractivity contribution is 5.98. The summed E-state index contributed by atoms with van der Waals surface area (Å²) in [5.74, 6) is -4.66. The molecule has 2 aromatic carbocycles. The molecule has 0 spiro atoms. The van der Waals surface area contributed by atoms with Crippen molar-refractivity contribution in [2.75, 3.05) is 13.7 Å². The molecule has 5 atom stereocenters. The van der Waals surface area contributed by atoms with Gasteiger partial charge in [-0.05, 0) is 53.9 Å². The van der Waals surface area contributed by atoms with Crippen molar-refractivity contribution < 1.29 is 38.6 Å². The summed E-state index contributed by atoms with van der Waals surface area (Å²) in [6, 6.07) is 10.4. The summed E-state index contributed by atoms with van der Waals surface area (Å²) in [6.07, 6.45) is 2.49. The molecule has 1 fully saturated rings. The number of carbonyl (C=O) groups is 6. The zero-order valence-corrected chi connectivity index (χ0v) is 31.1. The minimum atomic E-state index is -1.75. The van der Waals surface area contributed by atoms with Crippen LogP contribution in [0.3, 0.4) is 0 Å². The van der Waals surface area contributed by atoms with Gasteiger partial charge in [0, 0.05) is 32.0 Å². The van der Waals surface area contributed by atoms with Crippen molar-refractivity contribution in [3.05, 3.63) is 66.2 Å². The molecule has 0 bridgehead atoms. The average molecular weight is 733 g/mol. The van der Waals surface area contributed by atoms with Gasteiger partial charge in [0.25, 0.3) is 5.91 Å². The molecule has 1 aliphatic rings.